The van der Waals surface area contributed by atoms with Crippen LogP contribution in [0.4, 0.5) is 0 Å². The molecule has 0 saturated carbocycles. The Morgan fingerprint density at radius 2 is 1.82 bits per heavy atom. The monoisotopic (exact) mass is 463 g/mol. The third-order valence-electron chi connectivity index (χ3n) is 7.67. The Balaban J connectivity index is 1.56. The third kappa shape index (κ3) is 2.43. The van der Waals surface area contributed by atoms with E-state index in [0.717, 1.165) is 17.6 Å². The van der Waals surface area contributed by atoms with Crippen LogP contribution >= 0.6 is 0 Å². The molecule has 2 atom stereocenters. The minimum atomic E-state index is -2.59. The van der Waals surface area contributed by atoms with E-state index in [-0.39, 0.29) is 35.0 Å². The van der Waals surface area contributed by atoms with Gasteiger partial charge in [-0.05, 0) is 47.1 Å². The number of Topliss-reactive ketones (excluding diaryl/α,β-unsaturated/α-hetero) is 2. The average molecular weight is 463 g/mol. The van der Waals surface area contributed by atoms with E-state index in [0.29, 0.717) is 24.2 Å². The highest BCUT2D eigenvalue weighted by Gasteiger charge is 2.58. The van der Waals surface area contributed by atoms with E-state index in [2.05, 4.69) is 6.08 Å². The van der Waals surface area contributed by atoms with Crippen LogP contribution in [0.25, 0.3) is 16.3 Å². The minimum absolute atomic E-state index is 0.0190. The van der Waals surface area contributed by atoms with Crippen LogP contribution in [-0.2, 0) is 20.7 Å². The van der Waals surface area contributed by atoms with Crippen LogP contribution in [0.1, 0.15) is 34.3 Å². The Morgan fingerprint density at radius 3 is 2.44 bits per heavy atom. The largest absolute Gasteiger partial charge is 0.508 e. The summed E-state index contributed by atoms with van der Waals surface area (Å²) in [6.45, 7) is 1.31. The third-order valence-corrected chi connectivity index (χ3v) is 7.67. The summed E-state index contributed by atoms with van der Waals surface area (Å²) in [5.41, 5.74) is 3.77. The highest BCUT2D eigenvalue weighted by molar-refractivity contribution is 6.23. The summed E-state index contributed by atoms with van der Waals surface area (Å²) in [4.78, 5) is 37.6. The summed E-state index contributed by atoms with van der Waals surface area (Å²) >= 11 is 0. The minimum Gasteiger partial charge on any atom is -0.508 e. The predicted molar refractivity (Wildman–Crippen MR) is 118 cm³/mol. The Labute approximate surface area is 192 Å². The first kappa shape index (κ1) is 20.9. The number of ether oxygens (including phenoxy) is 1. The van der Waals surface area contributed by atoms with Crippen molar-refractivity contribution in [1.29, 1.82) is 0 Å². The summed E-state index contributed by atoms with van der Waals surface area (Å²) < 4.78 is 5.31. The number of benzene rings is 2. The van der Waals surface area contributed by atoms with E-state index < -0.39 is 46.1 Å². The molecule has 6 N–H and O–H groups in total. The van der Waals surface area contributed by atoms with Gasteiger partial charge in [0.2, 0.25) is 5.78 Å². The van der Waals surface area contributed by atoms with Gasteiger partial charge in [0, 0.05) is 17.8 Å². The number of hydrogen-bond donors (Lipinski definition) is 5. The van der Waals surface area contributed by atoms with Gasteiger partial charge in [0.05, 0.1) is 24.2 Å². The zero-order valence-electron chi connectivity index (χ0n) is 17.9. The number of carbonyl (C=O) groups is 3. The van der Waals surface area contributed by atoms with Crippen molar-refractivity contribution in [3.05, 3.63) is 52.3 Å². The maximum Gasteiger partial charge on any atom is 0.255 e. The van der Waals surface area contributed by atoms with Crippen LogP contribution < -0.4 is 5.73 Å². The Kier molecular flexibility index (Phi) is 3.97. The van der Waals surface area contributed by atoms with E-state index in [1.165, 1.54) is 6.07 Å². The molecule has 0 aromatic heterocycles. The van der Waals surface area contributed by atoms with Crippen molar-refractivity contribution >= 4 is 33.8 Å². The van der Waals surface area contributed by atoms with E-state index >= 15 is 0 Å². The van der Waals surface area contributed by atoms with Gasteiger partial charge in [0.25, 0.3) is 5.91 Å². The summed E-state index contributed by atoms with van der Waals surface area (Å²) in [6.07, 6.45) is 2.52. The molecule has 1 fully saturated rings. The second kappa shape index (κ2) is 6.46. The molecule has 174 valence electrons. The van der Waals surface area contributed by atoms with E-state index in [1.54, 1.807) is 12.1 Å². The number of aliphatic hydroxyl groups excluding tert-OH is 1. The molecule has 6 rings (SSSR count). The maximum absolute atomic E-state index is 13.5. The molecule has 1 spiro atoms. The van der Waals surface area contributed by atoms with Gasteiger partial charge in [0.15, 0.2) is 11.4 Å². The topological polar surface area (TPSA) is 167 Å². The molecule has 4 aliphatic rings. The predicted octanol–water partition coefficient (Wildman–Crippen LogP) is 1.41. The molecule has 1 aliphatic heterocycles. The number of phenols is 2. The molecule has 0 unspecified atom stereocenters. The number of aromatic hydroxyl groups is 2. The number of phenolic OH excluding ortho intramolecular Hbond substituents is 2. The number of hydrogen-bond acceptors (Lipinski definition) is 8. The zero-order chi connectivity index (χ0) is 24.2. The van der Waals surface area contributed by atoms with Crippen LogP contribution in [0.15, 0.2) is 35.6 Å². The lowest BCUT2D eigenvalue weighted by Gasteiger charge is -2.47. The fraction of sp³-hybridized carbons (Fsp3) is 0.320. The summed E-state index contributed by atoms with van der Waals surface area (Å²) in [7, 11) is 0. The summed E-state index contributed by atoms with van der Waals surface area (Å²) in [5.74, 6) is -5.98. The number of primary amides is 1. The molecule has 1 amide bonds. The lowest BCUT2D eigenvalue weighted by atomic mass is 9.63. The average Bonchev–Trinajstić information content (AvgIpc) is 2.69. The molecule has 1 saturated heterocycles. The van der Waals surface area contributed by atoms with Crippen LogP contribution in [0, 0.1) is 11.3 Å². The van der Waals surface area contributed by atoms with Gasteiger partial charge >= 0.3 is 0 Å². The van der Waals surface area contributed by atoms with Gasteiger partial charge in [-0.15, -0.1) is 0 Å². The lowest BCUT2D eigenvalue weighted by Crippen LogP contribution is -2.56. The molecule has 2 aromatic carbocycles. The molecule has 3 aliphatic carbocycles. The molecule has 1 heterocycles. The molecule has 9 nitrogen and oxygen atoms in total. The van der Waals surface area contributed by atoms with Gasteiger partial charge < -0.3 is 30.9 Å². The molecule has 34 heavy (non-hydrogen) atoms. The fourth-order valence-electron chi connectivity index (χ4n) is 5.88. The number of allylic oxidation sites excluding steroid dienone is 1. The number of rotatable bonds is 2. The van der Waals surface area contributed by atoms with Gasteiger partial charge in [-0.1, -0.05) is 12.1 Å². The number of ketones is 2. The molecule has 2 aromatic rings. The first-order valence-corrected chi connectivity index (χ1v) is 10.9. The van der Waals surface area contributed by atoms with Crippen LogP contribution in [0.3, 0.4) is 0 Å². The number of fused-ring (bicyclic) bond motifs is 3. The van der Waals surface area contributed by atoms with E-state index in [4.69, 9.17) is 10.5 Å². The van der Waals surface area contributed by atoms with Crippen molar-refractivity contribution in [2.75, 3.05) is 13.2 Å². The molecular formula is C25H21NO8. The number of amides is 1. The fourth-order valence-corrected chi connectivity index (χ4v) is 5.88. The van der Waals surface area contributed by atoms with Crippen molar-refractivity contribution in [2.45, 2.75) is 24.9 Å². The number of nitrogens with two attached hydrogens (primary N) is 1. The number of carbonyl (C=O) groups excluding carboxylic acids is 3. The second-order valence-corrected chi connectivity index (χ2v) is 9.73. The standard InChI is InChI=1S/C25H21NO8/c26-23(32)19-16(28)5-12-3-10-4-14-13(11-6-24(7-11)8-34-9-24)1-2-15(27)18(14)20(29)17(10)21(30)25(12,33)22(19)31/h1-2,4,6,12,27,29,31,33H,3,5,7-9H2,(H2,26,32)/t12-,25-/m0/s1. The first-order valence-electron chi connectivity index (χ1n) is 10.9. The highest BCUT2D eigenvalue weighted by atomic mass is 16.5. The highest BCUT2D eigenvalue weighted by Crippen LogP contribution is 2.53. The van der Waals surface area contributed by atoms with Crippen molar-refractivity contribution in [3.8, 4) is 11.5 Å². The SMILES string of the molecule is NC(=O)C1=C(O)[C@@]2(O)C(=O)c3c(cc4c(C5=CC6(COC6)C5)ccc(O)c4c3O)C[C@H]2CC1=O. The van der Waals surface area contributed by atoms with Crippen LogP contribution in [-0.4, -0.2) is 56.7 Å². The molecule has 0 bridgehead atoms. The normalized spacial score (nSPS) is 27.1. The zero-order valence-corrected chi connectivity index (χ0v) is 17.9. The molecular weight excluding hydrogens is 442 g/mol. The lowest BCUT2D eigenvalue weighted by molar-refractivity contribution is -0.125. The first-order chi connectivity index (χ1) is 16.1. The summed E-state index contributed by atoms with van der Waals surface area (Å²) in [5, 5.41) is 44.1. The van der Waals surface area contributed by atoms with Gasteiger partial charge in [-0.25, -0.2) is 0 Å². The van der Waals surface area contributed by atoms with Crippen LogP contribution in [0.2, 0.25) is 0 Å². The van der Waals surface area contributed by atoms with E-state index in [9.17, 15) is 34.8 Å². The maximum atomic E-state index is 13.5. The Morgan fingerprint density at radius 1 is 1.12 bits per heavy atom. The summed E-state index contributed by atoms with van der Waals surface area (Å²) in [6, 6.07) is 4.86. The molecule has 9 heteroatoms. The second-order valence-electron chi connectivity index (χ2n) is 9.73. The van der Waals surface area contributed by atoms with Gasteiger partial charge in [-0.3, -0.25) is 14.4 Å². The van der Waals surface area contributed by atoms with Crippen LogP contribution in [0.5, 0.6) is 11.5 Å². The van der Waals surface area contributed by atoms with E-state index in [1.807, 2.05) is 0 Å². The van der Waals surface area contributed by atoms with Gasteiger partial charge in [0.1, 0.15) is 22.8 Å². The van der Waals surface area contributed by atoms with Crippen molar-refractivity contribution in [1.82, 2.24) is 0 Å². The Hall–Kier alpha value is -3.69. The van der Waals surface area contributed by atoms with Gasteiger partial charge in [-0.2, -0.15) is 0 Å². The Bertz CT molecular complexity index is 1430. The quantitative estimate of drug-likeness (QED) is 0.417. The smallest absolute Gasteiger partial charge is 0.255 e. The van der Waals surface area contributed by atoms with Crippen molar-refractivity contribution < 1.29 is 39.5 Å². The van der Waals surface area contributed by atoms with Crippen molar-refractivity contribution in [2.24, 2.45) is 17.1 Å². The molecule has 0 radical (unpaired) electrons. The van der Waals surface area contributed by atoms with Crippen molar-refractivity contribution in [3.63, 3.8) is 0 Å². The number of aliphatic hydroxyl groups is 2.